The van der Waals surface area contributed by atoms with E-state index in [0.717, 1.165) is 12.1 Å². The van der Waals surface area contributed by atoms with Gasteiger partial charge in [0.1, 0.15) is 0 Å². The van der Waals surface area contributed by atoms with Crippen molar-refractivity contribution in [3.63, 3.8) is 0 Å². The van der Waals surface area contributed by atoms with Gasteiger partial charge in [0.25, 0.3) is 5.69 Å². The average molecular weight is 464 g/mol. The lowest BCUT2D eigenvalue weighted by molar-refractivity contribution is -0.384. The number of nitro groups is 1. The van der Waals surface area contributed by atoms with Crippen molar-refractivity contribution in [1.29, 1.82) is 0 Å². The lowest BCUT2D eigenvalue weighted by atomic mass is 10.2. The molecule has 0 unspecified atom stereocenters. The molecule has 0 aliphatic carbocycles. The Morgan fingerprint density at radius 1 is 0.906 bits per heavy atom. The van der Waals surface area contributed by atoms with Crippen LogP contribution in [0, 0.1) is 10.1 Å². The number of benzene rings is 3. The molecule has 0 heterocycles. The summed E-state index contributed by atoms with van der Waals surface area (Å²) in [4.78, 5) is 22.4. The molecule has 164 valence electrons. The van der Waals surface area contributed by atoms with Gasteiger partial charge in [-0.05, 0) is 42.5 Å². The number of carbonyl (C=O) groups is 1. The number of halogens is 4. The first-order valence-electron chi connectivity index (χ1n) is 8.83. The third-order valence-corrected chi connectivity index (χ3v) is 4.28. The Balaban J connectivity index is 1.69. The number of azo groups is 1. The predicted octanol–water partition coefficient (Wildman–Crippen LogP) is 7.33. The maximum Gasteiger partial charge on any atom is 0.417 e. The zero-order valence-electron chi connectivity index (χ0n) is 15.9. The number of hydrogen-bond acceptors (Lipinski definition) is 5. The zero-order chi connectivity index (χ0) is 23.3. The molecular formula is C20H13ClF3N5O3. The molecule has 2 N–H and O–H groups in total. The fourth-order valence-electron chi connectivity index (χ4n) is 2.54. The molecule has 0 aromatic heterocycles. The number of hydrogen-bond donors (Lipinski definition) is 2. The number of urea groups is 1. The maximum absolute atomic E-state index is 12.9. The Kier molecular flexibility index (Phi) is 6.69. The van der Waals surface area contributed by atoms with E-state index in [-0.39, 0.29) is 17.1 Å². The fraction of sp³-hybridized carbons (Fsp3) is 0.0500. The first kappa shape index (κ1) is 22.7. The van der Waals surface area contributed by atoms with Crippen molar-refractivity contribution in [1.82, 2.24) is 0 Å². The number of non-ortho nitro benzene ring substituents is 1. The van der Waals surface area contributed by atoms with Gasteiger partial charge in [0.15, 0.2) is 0 Å². The monoisotopic (exact) mass is 463 g/mol. The van der Waals surface area contributed by atoms with Crippen LogP contribution in [-0.2, 0) is 6.18 Å². The van der Waals surface area contributed by atoms with Crippen molar-refractivity contribution in [2.75, 3.05) is 10.6 Å². The number of anilines is 2. The van der Waals surface area contributed by atoms with Crippen molar-refractivity contribution in [2.45, 2.75) is 6.18 Å². The number of nitrogens with one attached hydrogen (secondary N) is 2. The Labute approximate surface area is 183 Å². The molecule has 0 fully saturated rings. The maximum atomic E-state index is 12.9. The van der Waals surface area contributed by atoms with Gasteiger partial charge < -0.3 is 10.6 Å². The molecule has 2 amide bonds. The molecule has 0 aliphatic rings. The van der Waals surface area contributed by atoms with E-state index in [4.69, 9.17) is 11.6 Å². The van der Waals surface area contributed by atoms with E-state index in [1.54, 1.807) is 12.1 Å². The van der Waals surface area contributed by atoms with Crippen LogP contribution in [-0.4, -0.2) is 11.0 Å². The molecule has 0 aliphatic heterocycles. The molecular weight excluding hydrogens is 451 g/mol. The van der Waals surface area contributed by atoms with Crippen LogP contribution >= 0.6 is 11.6 Å². The minimum atomic E-state index is -4.66. The molecule has 0 saturated carbocycles. The lowest BCUT2D eigenvalue weighted by Gasteiger charge is -2.12. The Bertz CT molecular complexity index is 1200. The van der Waals surface area contributed by atoms with Gasteiger partial charge in [0.2, 0.25) is 0 Å². The van der Waals surface area contributed by atoms with Gasteiger partial charge in [0, 0.05) is 23.5 Å². The predicted molar refractivity (Wildman–Crippen MR) is 113 cm³/mol. The molecule has 8 nitrogen and oxygen atoms in total. The number of alkyl halides is 3. The molecule has 12 heteroatoms. The quantitative estimate of drug-likeness (QED) is 0.235. The lowest BCUT2D eigenvalue weighted by Crippen LogP contribution is -2.19. The highest BCUT2D eigenvalue weighted by Crippen LogP contribution is 2.36. The standard InChI is InChI=1S/C20H13ClF3N5O3/c21-18-8-7-13(11-17(18)20(22,23)24)26-19(30)25-12-3-1-4-14(9-12)27-28-15-5-2-6-16(10-15)29(31)32/h1-11H,(H2,25,26,30)/b28-27+. The molecule has 0 saturated heterocycles. The van der Waals surface area contributed by atoms with Crippen LogP contribution in [0.3, 0.4) is 0 Å². The van der Waals surface area contributed by atoms with Gasteiger partial charge in [-0.3, -0.25) is 10.1 Å². The first-order valence-corrected chi connectivity index (χ1v) is 9.20. The average Bonchev–Trinajstić information content (AvgIpc) is 2.73. The molecule has 3 rings (SSSR count). The van der Waals surface area contributed by atoms with Crippen LogP contribution in [0.5, 0.6) is 0 Å². The number of nitro benzene ring substituents is 1. The van der Waals surface area contributed by atoms with E-state index in [0.29, 0.717) is 11.4 Å². The minimum absolute atomic E-state index is 0.0965. The van der Waals surface area contributed by atoms with Crippen LogP contribution in [0.2, 0.25) is 5.02 Å². The molecule has 0 bridgehead atoms. The topological polar surface area (TPSA) is 109 Å². The molecule has 32 heavy (non-hydrogen) atoms. The van der Waals surface area contributed by atoms with E-state index in [9.17, 15) is 28.1 Å². The smallest absolute Gasteiger partial charge is 0.308 e. The highest BCUT2D eigenvalue weighted by molar-refractivity contribution is 6.31. The molecule has 3 aromatic rings. The van der Waals surface area contributed by atoms with E-state index >= 15 is 0 Å². The van der Waals surface area contributed by atoms with Crippen LogP contribution in [0.25, 0.3) is 0 Å². The zero-order valence-corrected chi connectivity index (χ0v) is 16.7. The van der Waals surface area contributed by atoms with Crippen LogP contribution in [0.4, 0.5) is 46.4 Å². The van der Waals surface area contributed by atoms with E-state index < -0.39 is 27.7 Å². The summed E-state index contributed by atoms with van der Waals surface area (Å²) in [6.07, 6.45) is -4.66. The Hall–Kier alpha value is -3.99. The van der Waals surface area contributed by atoms with Crippen molar-refractivity contribution in [3.8, 4) is 0 Å². The highest BCUT2D eigenvalue weighted by atomic mass is 35.5. The summed E-state index contributed by atoms with van der Waals surface area (Å²) in [5.41, 5.74) is -0.410. The summed E-state index contributed by atoms with van der Waals surface area (Å²) in [6.45, 7) is 0. The second-order valence-electron chi connectivity index (χ2n) is 6.30. The molecule has 3 aromatic carbocycles. The van der Waals surface area contributed by atoms with Gasteiger partial charge in [-0.1, -0.05) is 23.7 Å². The summed E-state index contributed by atoms with van der Waals surface area (Å²) in [6, 6.07) is 13.9. The summed E-state index contributed by atoms with van der Waals surface area (Å²) in [7, 11) is 0. The van der Waals surface area contributed by atoms with E-state index in [1.807, 2.05) is 0 Å². The second-order valence-corrected chi connectivity index (χ2v) is 6.71. The van der Waals surface area contributed by atoms with Gasteiger partial charge in [0.05, 0.1) is 26.9 Å². The van der Waals surface area contributed by atoms with Crippen molar-refractivity contribution >= 4 is 46.1 Å². The van der Waals surface area contributed by atoms with Gasteiger partial charge >= 0.3 is 12.2 Å². The third-order valence-electron chi connectivity index (χ3n) is 3.96. The summed E-state index contributed by atoms with van der Waals surface area (Å²) < 4.78 is 38.8. The normalized spacial score (nSPS) is 11.4. The Morgan fingerprint density at radius 2 is 1.50 bits per heavy atom. The van der Waals surface area contributed by atoms with Crippen molar-refractivity contribution in [2.24, 2.45) is 10.2 Å². The third kappa shape index (κ3) is 6.01. The Morgan fingerprint density at radius 3 is 2.12 bits per heavy atom. The summed E-state index contributed by atoms with van der Waals surface area (Å²) in [5, 5.41) is 23.0. The minimum Gasteiger partial charge on any atom is -0.308 e. The number of carbonyl (C=O) groups excluding carboxylic acids is 1. The molecule has 0 radical (unpaired) electrons. The van der Waals surface area contributed by atoms with Crippen molar-refractivity contribution in [3.05, 3.63) is 87.4 Å². The van der Waals surface area contributed by atoms with Gasteiger partial charge in [-0.2, -0.15) is 23.4 Å². The number of nitrogens with zero attached hydrogens (tertiary/aromatic N) is 3. The van der Waals surface area contributed by atoms with E-state index in [1.165, 1.54) is 42.5 Å². The molecule has 0 spiro atoms. The van der Waals surface area contributed by atoms with Crippen LogP contribution < -0.4 is 10.6 Å². The fourth-order valence-corrected chi connectivity index (χ4v) is 2.77. The first-order chi connectivity index (χ1) is 15.1. The number of rotatable bonds is 5. The van der Waals surface area contributed by atoms with Crippen molar-refractivity contribution < 1.29 is 22.9 Å². The second kappa shape index (κ2) is 9.43. The van der Waals surface area contributed by atoms with Crippen LogP contribution in [0.1, 0.15) is 5.56 Å². The summed E-state index contributed by atoms with van der Waals surface area (Å²) >= 11 is 5.56. The number of amides is 2. The van der Waals surface area contributed by atoms with E-state index in [2.05, 4.69) is 20.9 Å². The van der Waals surface area contributed by atoms with Crippen LogP contribution in [0.15, 0.2) is 77.0 Å². The summed E-state index contributed by atoms with van der Waals surface area (Å²) in [5.74, 6) is 0. The van der Waals surface area contributed by atoms with Gasteiger partial charge in [-0.15, -0.1) is 0 Å². The molecule has 0 atom stereocenters. The largest absolute Gasteiger partial charge is 0.417 e. The highest BCUT2D eigenvalue weighted by Gasteiger charge is 2.33. The van der Waals surface area contributed by atoms with Gasteiger partial charge in [-0.25, -0.2) is 4.79 Å². The SMILES string of the molecule is O=C(Nc1cccc(/N=N/c2cccc([N+](=O)[O-])c2)c1)Nc1ccc(Cl)c(C(F)(F)F)c1.